The Labute approximate surface area is 99.1 Å². The summed E-state index contributed by atoms with van der Waals surface area (Å²) in [5.41, 5.74) is 2.71. The average Bonchev–Trinajstić information content (AvgIpc) is 2.24. The molecule has 0 amide bonds. The lowest BCUT2D eigenvalue weighted by Gasteiger charge is -2.24. The number of rotatable bonds is 2. The normalized spacial score (nSPS) is 21.6. The first kappa shape index (κ1) is 11.1. The van der Waals surface area contributed by atoms with Gasteiger partial charge in [0.2, 0.25) is 0 Å². The Morgan fingerprint density at radius 2 is 2.40 bits per heavy atom. The number of aryl methyl sites for hydroxylation is 1. The van der Waals surface area contributed by atoms with Crippen LogP contribution >= 0.6 is 15.9 Å². The highest BCUT2D eigenvalue weighted by Gasteiger charge is 2.14. The van der Waals surface area contributed by atoms with E-state index < -0.39 is 0 Å². The van der Waals surface area contributed by atoms with Crippen LogP contribution in [0.3, 0.4) is 0 Å². The van der Waals surface area contributed by atoms with E-state index in [-0.39, 0.29) is 0 Å². The minimum atomic E-state index is 0.332. The topological polar surface area (TPSA) is 21.3 Å². The van der Waals surface area contributed by atoms with E-state index in [1.54, 1.807) is 0 Å². The Morgan fingerprint density at radius 3 is 3.07 bits per heavy atom. The Bertz CT molecular complexity index is 334. The van der Waals surface area contributed by atoms with E-state index in [0.29, 0.717) is 6.10 Å². The van der Waals surface area contributed by atoms with Crippen LogP contribution in [0.1, 0.15) is 11.1 Å². The minimum absolute atomic E-state index is 0.332. The molecule has 0 bridgehead atoms. The first-order chi connectivity index (χ1) is 7.25. The van der Waals surface area contributed by atoms with Gasteiger partial charge in [-0.2, -0.15) is 0 Å². The van der Waals surface area contributed by atoms with Gasteiger partial charge in [0, 0.05) is 24.0 Å². The molecule has 2 nitrogen and oxygen atoms in total. The number of morpholine rings is 1. The predicted molar refractivity (Wildman–Crippen MR) is 65.2 cm³/mol. The SMILES string of the molecule is Cc1cc(Br)ccc1CC1CNCCO1. The van der Waals surface area contributed by atoms with Crippen molar-refractivity contribution in [2.45, 2.75) is 19.4 Å². The molecule has 1 saturated heterocycles. The van der Waals surface area contributed by atoms with E-state index in [0.717, 1.165) is 30.6 Å². The van der Waals surface area contributed by atoms with Gasteiger partial charge in [0.15, 0.2) is 0 Å². The first-order valence-electron chi connectivity index (χ1n) is 5.33. The third-order valence-electron chi connectivity index (χ3n) is 2.76. The second-order valence-electron chi connectivity index (χ2n) is 3.97. The lowest BCUT2D eigenvalue weighted by molar-refractivity contribution is 0.0291. The number of ether oxygens (including phenoxy) is 1. The molecule has 3 heteroatoms. The maximum absolute atomic E-state index is 5.69. The standard InChI is InChI=1S/C12H16BrNO/c1-9-6-11(13)3-2-10(9)7-12-8-14-4-5-15-12/h2-3,6,12,14H,4-5,7-8H2,1H3. The van der Waals surface area contributed by atoms with Crippen LogP contribution in [0.2, 0.25) is 0 Å². The van der Waals surface area contributed by atoms with Crippen molar-refractivity contribution in [3.05, 3.63) is 33.8 Å². The smallest absolute Gasteiger partial charge is 0.0740 e. The molecule has 1 aliphatic rings. The highest BCUT2D eigenvalue weighted by Crippen LogP contribution is 2.18. The van der Waals surface area contributed by atoms with Gasteiger partial charge < -0.3 is 10.1 Å². The van der Waals surface area contributed by atoms with Crippen molar-refractivity contribution in [2.24, 2.45) is 0 Å². The van der Waals surface area contributed by atoms with E-state index >= 15 is 0 Å². The second kappa shape index (κ2) is 5.10. The summed E-state index contributed by atoms with van der Waals surface area (Å²) >= 11 is 3.48. The van der Waals surface area contributed by atoms with Crippen molar-refractivity contribution in [1.82, 2.24) is 5.32 Å². The fourth-order valence-electron chi connectivity index (χ4n) is 1.88. The van der Waals surface area contributed by atoms with Crippen LogP contribution in [-0.2, 0) is 11.2 Å². The van der Waals surface area contributed by atoms with Crippen LogP contribution in [0.4, 0.5) is 0 Å². The van der Waals surface area contributed by atoms with Crippen molar-refractivity contribution in [2.75, 3.05) is 19.7 Å². The summed E-state index contributed by atoms with van der Waals surface area (Å²) in [5, 5.41) is 3.35. The van der Waals surface area contributed by atoms with Crippen LogP contribution in [0, 0.1) is 6.92 Å². The van der Waals surface area contributed by atoms with Gasteiger partial charge in [0.1, 0.15) is 0 Å². The number of benzene rings is 1. The van der Waals surface area contributed by atoms with Crippen LogP contribution in [0.15, 0.2) is 22.7 Å². The quantitative estimate of drug-likeness (QED) is 0.890. The van der Waals surface area contributed by atoms with Crippen molar-refractivity contribution in [1.29, 1.82) is 0 Å². The molecule has 0 saturated carbocycles. The van der Waals surface area contributed by atoms with E-state index in [2.05, 4.69) is 46.4 Å². The molecule has 15 heavy (non-hydrogen) atoms. The molecule has 1 aliphatic heterocycles. The van der Waals surface area contributed by atoms with E-state index in [9.17, 15) is 0 Å². The van der Waals surface area contributed by atoms with Crippen LogP contribution < -0.4 is 5.32 Å². The summed E-state index contributed by atoms with van der Waals surface area (Å²) in [5.74, 6) is 0. The average molecular weight is 270 g/mol. The Morgan fingerprint density at radius 1 is 1.53 bits per heavy atom. The van der Waals surface area contributed by atoms with Crippen LogP contribution in [0.5, 0.6) is 0 Å². The molecule has 1 N–H and O–H groups in total. The van der Waals surface area contributed by atoms with Crippen molar-refractivity contribution >= 4 is 15.9 Å². The fourth-order valence-corrected chi connectivity index (χ4v) is 2.36. The number of hydrogen-bond acceptors (Lipinski definition) is 2. The monoisotopic (exact) mass is 269 g/mol. The third kappa shape index (κ3) is 3.03. The zero-order chi connectivity index (χ0) is 10.7. The summed E-state index contributed by atoms with van der Waals surface area (Å²) in [6.07, 6.45) is 1.34. The molecule has 1 unspecified atom stereocenters. The van der Waals surface area contributed by atoms with Gasteiger partial charge in [-0.15, -0.1) is 0 Å². The van der Waals surface area contributed by atoms with Crippen molar-refractivity contribution < 1.29 is 4.74 Å². The molecule has 2 rings (SSSR count). The van der Waals surface area contributed by atoms with Gasteiger partial charge in [-0.1, -0.05) is 22.0 Å². The maximum atomic E-state index is 5.69. The zero-order valence-corrected chi connectivity index (χ0v) is 10.5. The molecular formula is C12H16BrNO. The van der Waals surface area contributed by atoms with Crippen molar-refractivity contribution in [3.8, 4) is 0 Å². The summed E-state index contributed by atoms with van der Waals surface area (Å²) in [6.45, 7) is 4.93. The number of hydrogen-bond donors (Lipinski definition) is 1. The van der Waals surface area contributed by atoms with E-state index in [4.69, 9.17) is 4.74 Å². The third-order valence-corrected chi connectivity index (χ3v) is 3.25. The van der Waals surface area contributed by atoms with Gasteiger partial charge in [-0.3, -0.25) is 0 Å². The number of halogens is 1. The molecular weight excluding hydrogens is 254 g/mol. The molecule has 1 aromatic rings. The molecule has 1 fully saturated rings. The summed E-state index contributed by atoms with van der Waals surface area (Å²) in [4.78, 5) is 0. The summed E-state index contributed by atoms with van der Waals surface area (Å²) < 4.78 is 6.84. The minimum Gasteiger partial charge on any atom is -0.375 e. The van der Waals surface area contributed by atoms with Gasteiger partial charge in [0.25, 0.3) is 0 Å². The summed E-state index contributed by atoms with van der Waals surface area (Å²) in [7, 11) is 0. The van der Waals surface area contributed by atoms with Crippen LogP contribution in [0.25, 0.3) is 0 Å². The largest absolute Gasteiger partial charge is 0.375 e. The van der Waals surface area contributed by atoms with Gasteiger partial charge in [-0.25, -0.2) is 0 Å². The summed E-state index contributed by atoms with van der Waals surface area (Å²) in [6, 6.07) is 6.43. The van der Waals surface area contributed by atoms with E-state index in [1.807, 2.05) is 0 Å². The Balaban J connectivity index is 2.03. The fraction of sp³-hybridized carbons (Fsp3) is 0.500. The Kier molecular flexibility index (Phi) is 3.78. The lowest BCUT2D eigenvalue weighted by atomic mass is 10.0. The zero-order valence-electron chi connectivity index (χ0n) is 8.92. The first-order valence-corrected chi connectivity index (χ1v) is 6.12. The molecule has 1 heterocycles. The molecule has 0 aliphatic carbocycles. The van der Waals surface area contributed by atoms with Crippen molar-refractivity contribution in [3.63, 3.8) is 0 Å². The van der Waals surface area contributed by atoms with Gasteiger partial charge >= 0.3 is 0 Å². The Hall–Kier alpha value is -0.380. The molecule has 1 atom stereocenters. The molecule has 0 spiro atoms. The molecule has 82 valence electrons. The molecule has 0 aromatic heterocycles. The van der Waals surface area contributed by atoms with Gasteiger partial charge in [-0.05, 0) is 30.2 Å². The molecule has 0 radical (unpaired) electrons. The highest BCUT2D eigenvalue weighted by molar-refractivity contribution is 9.10. The maximum Gasteiger partial charge on any atom is 0.0740 e. The number of nitrogens with one attached hydrogen (secondary N) is 1. The highest BCUT2D eigenvalue weighted by atomic mass is 79.9. The molecule has 1 aromatic carbocycles. The van der Waals surface area contributed by atoms with Gasteiger partial charge in [0.05, 0.1) is 12.7 Å². The predicted octanol–water partition coefficient (Wildman–Crippen LogP) is 2.29. The lowest BCUT2D eigenvalue weighted by Crippen LogP contribution is -2.39. The van der Waals surface area contributed by atoms with E-state index in [1.165, 1.54) is 11.1 Å². The van der Waals surface area contributed by atoms with Crippen LogP contribution in [-0.4, -0.2) is 25.8 Å². The second-order valence-corrected chi connectivity index (χ2v) is 4.89.